The van der Waals surface area contributed by atoms with E-state index in [2.05, 4.69) is 5.32 Å². The molecule has 1 N–H and O–H groups in total. The molecular formula is C28H26N4O4. The van der Waals surface area contributed by atoms with Gasteiger partial charge in [0.1, 0.15) is 11.9 Å². The van der Waals surface area contributed by atoms with Gasteiger partial charge in [-0.2, -0.15) is 0 Å². The molecule has 4 aromatic rings. The van der Waals surface area contributed by atoms with Crippen molar-refractivity contribution in [3.8, 4) is 0 Å². The number of carbonyl (C=O) groups excluding carboxylic acids is 3. The minimum atomic E-state index is -0.780. The Balaban J connectivity index is 1.50. The Kier molecular flexibility index (Phi) is 6.25. The van der Waals surface area contributed by atoms with Gasteiger partial charge in [0.2, 0.25) is 11.8 Å². The third kappa shape index (κ3) is 4.22. The lowest BCUT2D eigenvalue weighted by molar-refractivity contribution is -0.142. The van der Waals surface area contributed by atoms with Gasteiger partial charge >= 0.3 is 5.97 Å². The molecule has 0 saturated carbocycles. The standard InChI is InChI=1S/C28H26N4O4/c1-18-26-30-22-14-8-9-15-23(22)32(26)24(27(34)31(18)17-19-10-4-3-5-11-19)16-25(33)29-21-13-7-6-12-20(21)28(35)36-2/h3-15,18,24H,16-17H2,1-2H3,(H,29,33)/t18-,24+/m1/s1. The van der Waals surface area contributed by atoms with Crippen LogP contribution in [-0.2, 0) is 20.9 Å². The van der Waals surface area contributed by atoms with Crippen LogP contribution < -0.4 is 5.32 Å². The first-order valence-corrected chi connectivity index (χ1v) is 11.8. The fourth-order valence-electron chi connectivity index (χ4n) is 4.75. The van der Waals surface area contributed by atoms with Crippen molar-refractivity contribution in [3.05, 3.63) is 95.8 Å². The number of methoxy groups -OCH3 is 1. The van der Waals surface area contributed by atoms with E-state index in [4.69, 9.17) is 9.72 Å². The summed E-state index contributed by atoms with van der Waals surface area (Å²) in [6.45, 7) is 2.37. The first-order chi connectivity index (χ1) is 17.5. The van der Waals surface area contributed by atoms with E-state index in [0.29, 0.717) is 12.2 Å². The maximum Gasteiger partial charge on any atom is 0.339 e. The zero-order valence-electron chi connectivity index (χ0n) is 20.0. The number of anilines is 1. The Hall–Kier alpha value is -4.46. The number of imidazole rings is 1. The maximum absolute atomic E-state index is 13.9. The Morgan fingerprint density at radius 1 is 0.972 bits per heavy atom. The Morgan fingerprint density at radius 2 is 1.67 bits per heavy atom. The molecule has 0 spiro atoms. The number of carbonyl (C=O) groups is 3. The predicted molar refractivity (Wildman–Crippen MR) is 135 cm³/mol. The number of nitrogens with one attached hydrogen (secondary N) is 1. The second-order valence-corrected chi connectivity index (χ2v) is 8.76. The zero-order chi connectivity index (χ0) is 25.2. The first kappa shape index (κ1) is 23.3. The van der Waals surface area contributed by atoms with E-state index in [9.17, 15) is 14.4 Å². The lowest BCUT2D eigenvalue weighted by Gasteiger charge is -2.38. The molecule has 2 amide bonds. The van der Waals surface area contributed by atoms with Crippen LogP contribution in [0.4, 0.5) is 5.69 Å². The van der Waals surface area contributed by atoms with Crippen molar-refractivity contribution in [2.24, 2.45) is 0 Å². The average molecular weight is 483 g/mol. The molecule has 1 aliphatic rings. The van der Waals surface area contributed by atoms with E-state index >= 15 is 0 Å². The van der Waals surface area contributed by atoms with Gasteiger partial charge in [0.05, 0.1) is 41.9 Å². The molecule has 0 fully saturated rings. The van der Waals surface area contributed by atoms with Crippen LogP contribution in [0.25, 0.3) is 11.0 Å². The Labute approximate surface area is 208 Å². The fourth-order valence-corrected chi connectivity index (χ4v) is 4.75. The number of hydrogen-bond donors (Lipinski definition) is 1. The van der Waals surface area contributed by atoms with Crippen molar-refractivity contribution in [1.29, 1.82) is 0 Å². The van der Waals surface area contributed by atoms with E-state index in [1.54, 1.807) is 29.2 Å². The van der Waals surface area contributed by atoms with E-state index in [-0.39, 0.29) is 29.8 Å². The van der Waals surface area contributed by atoms with Crippen LogP contribution in [0.2, 0.25) is 0 Å². The van der Waals surface area contributed by atoms with Gasteiger partial charge in [0.25, 0.3) is 0 Å². The molecule has 8 nitrogen and oxygen atoms in total. The van der Waals surface area contributed by atoms with Crippen LogP contribution in [-0.4, -0.2) is 39.3 Å². The van der Waals surface area contributed by atoms with Crippen LogP contribution in [0.15, 0.2) is 78.9 Å². The maximum atomic E-state index is 13.9. The molecule has 182 valence electrons. The monoisotopic (exact) mass is 482 g/mol. The number of nitrogens with zero attached hydrogens (tertiary/aromatic N) is 3. The normalized spacial score (nSPS) is 17.1. The number of benzene rings is 3. The highest BCUT2D eigenvalue weighted by Gasteiger charge is 2.40. The second kappa shape index (κ2) is 9.65. The molecule has 2 atom stereocenters. The summed E-state index contributed by atoms with van der Waals surface area (Å²) in [4.78, 5) is 45.9. The topological polar surface area (TPSA) is 93.5 Å². The summed E-state index contributed by atoms with van der Waals surface area (Å²) in [6, 6.07) is 23.0. The van der Waals surface area contributed by atoms with Crippen LogP contribution in [0.1, 0.15) is 47.2 Å². The number of fused-ring (bicyclic) bond motifs is 3. The number of esters is 1. The largest absolute Gasteiger partial charge is 0.465 e. The van der Waals surface area contributed by atoms with Crippen LogP contribution in [0.3, 0.4) is 0 Å². The SMILES string of the molecule is COC(=O)c1ccccc1NC(=O)C[C@H]1C(=O)N(Cc2ccccc2)[C@H](C)c2nc3ccccc3n21. The van der Waals surface area contributed by atoms with Crippen molar-refractivity contribution in [1.82, 2.24) is 14.5 Å². The minimum Gasteiger partial charge on any atom is -0.465 e. The molecule has 0 radical (unpaired) electrons. The lowest BCUT2D eigenvalue weighted by atomic mass is 10.0. The molecule has 1 aliphatic heterocycles. The van der Waals surface area contributed by atoms with Gasteiger partial charge in [-0.25, -0.2) is 9.78 Å². The van der Waals surface area contributed by atoms with Gasteiger partial charge in [-0.05, 0) is 36.8 Å². The number of ether oxygens (including phenoxy) is 1. The first-order valence-electron chi connectivity index (χ1n) is 11.8. The van der Waals surface area contributed by atoms with Gasteiger partial charge in [-0.3, -0.25) is 9.59 Å². The molecule has 8 heteroatoms. The van der Waals surface area contributed by atoms with Gasteiger partial charge in [-0.1, -0.05) is 54.6 Å². The molecule has 36 heavy (non-hydrogen) atoms. The molecule has 2 heterocycles. The summed E-state index contributed by atoms with van der Waals surface area (Å²) in [5.41, 5.74) is 3.16. The highest BCUT2D eigenvalue weighted by molar-refractivity contribution is 6.02. The third-order valence-corrected chi connectivity index (χ3v) is 6.53. The van der Waals surface area contributed by atoms with Gasteiger partial charge in [0.15, 0.2) is 0 Å². The van der Waals surface area contributed by atoms with E-state index in [1.165, 1.54) is 7.11 Å². The summed E-state index contributed by atoms with van der Waals surface area (Å²) >= 11 is 0. The molecule has 1 aromatic heterocycles. The van der Waals surface area contributed by atoms with Gasteiger partial charge < -0.3 is 19.5 Å². The molecule has 5 rings (SSSR count). The Bertz CT molecular complexity index is 1450. The van der Waals surface area contributed by atoms with Crippen molar-refractivity contribution in [2.45, 2.75) is 32.0 Å². The van der Waals surface area contributed by atoms with Crippen molar-refractivity contribution < 1.29 is 19.1 Å². The zero-order valence-corrected chi connectivity index (χ0v) is 20.0. The van der Waals surface area contributed by atoms with Crippen LogP contribution in [0.5, 0.6) is 0 Å². The summed E-state index contributed by atoms with van der Waals surface area (Å²) in [6.07, 6.45) is -0.111. The van der Waals surface area contributed by atoms with Crippen molar-refractivity contribution in [2.75, 3.05) is 12.4 Å². The van der Waals surface area contributed by atoms with Crippen LogP contribution in [0, 0.1) is 0 Å². The number of hydrogen-bond acceptors (Lipinski definition) is 5. The average Bonchev–Trinajstić information content (AvgIpc) is 3.29. The van der Waals surface area contributed by atoms with E-state index in [0.717, 1.165) is 22.4 Å². The summed E-state index contributed by atoms with van der Waals surface area (Å²) < 4.78 is 6.71. The number of aromatic nitrogens is 2. The molecule has 3 aromatic carbocycles. The predicted octanol–water partition coefficient (Wildman–Crippen LogP) is 4.50. The van der Waals surface area contributed by atoms with E-state index < -0.39 is 12.0 Å². The third-order valence-electron chi connectivity index (χ3n) is 6.53. The van der Waals surface area contributed by atoms with Crippen molar-refractivity contribution in [3.63, 3.8) is 0 Å². The number of rotatable bonds is 6. The van der Waals surface area contributed by atoms with Gasteiger partial charge in [-0.15, -0.1) is 0 Å². The second-order valence-electron chi connectivity index (χ2n) is 8.76. The summed E-state index contributed by atoms with van der Waals surface area (Å²) in [7, 11) is 1.29. The molecule has 0 saturated heterocycles. The minimum absolute atomic E-state index is 0.111. The lowest BCUT2D eigenvalue weighted by Crippen LogP contribution is -2.45. The number of para-hydroxylation sites is 3. The molecule has 0 bridgehead atoms. The Morgan fingerprint density at radius 3 is 2.44 bits per heavy atom. The van der Waals surface area contributed by atoms with E-state index in [1.807, 2.05) is 66.1 Å². The fraction of sp³-hybridized carbons (Fsp3) is 0.214. The van der Waals surface area contributed by atoms with Crippen LogP contribution >= 0.6 is 0 Å². The van der Waals surface area contributed by atoms with Gasteiger partial charge in [0, 0.05) is 6.54 Å². The number of amides is 2. The summed E-state index contributed by atoms with van der Waals surface area (Å²) in [5.74, 6) is -0.356. The highest BCUT2D eigenvalue weighted by Crippen LogP contribution is 2.37. The molecular weight excluding hydrogens is 456 g/mol. The molecule has 0 unspecified atom stereocenters. The highest BCUT2D eigenvalue weighted by atomic mass is 16.5. The quantitative estimate of drug-likeness (QED) is 0.409. The molecule has 0 aliphatic carbocycles. The van der Waals surface area contributed by atoms with Crippen molar-refractivity contribution >= 4 is 34.5 Å². The summed E-state index contributed by atoms with van der Waals surface area (Å²) in [5, 5.41) is 2.80. The smallest absolute Gasteiger partial charge is 0.339 e.